The van der Waals surface area contributed by atoms with Crippen LogP contribution in [0.3, 0.4) is 0 Å². The molecular weight excluding hydrogens is 248 g/mol. The van der Waals surface area contributed by atoms with E-state index < -0.39 is 0 Å². The lowest BCUT2D eigenvalue weighted by molar-refractivity contribution is 0.597. The van der Waals surface area contributed by atoms with Gasteiger partial charge in [-0.15, -0.1) is 0 Å². The molecule has 0 saturated carbocycles. The predicted octanol–water partition coefficient (Wildman–Crippen LogP) is 2.39. The first-order valence-corrected chi connectivity index (χ1v) is 6.89. The second-order valence-corrected chi connectivity index (χ2v) is 5.10. The monoisotopic (exact) mass is 268 g/mol. The highest BCUT2D eigenvalue weighted by atomic mass is 15.1. The average Bonchev–Trinajstić information content (AvgIpc) is 2.88. The summed E-state index contributed by atoms with van der Waals surface area (Å²) in [6.07, 6.45) is 5.54. The summed E-state index contributed by atoms with van der Waals surface area (Å²) in [4.78, 5) is 4.39. The van der Waals surface area contributed by atoms with Gasteiger partial charge in [-0.05, 0) is 36.6 Å². The Kier molecular flexibility index (Phi) is 4.54. The van der Waals surface area contributed by atoms with E-state index in [0.29, 0.717) is 5.56 Å². The van der Waals surface area contributed by atoms with Crippen LogP contribution in [-0.2, 0) is 13.0 Å². The molecule has 2 N–H and O–H groups in total. The van der Waals surface area contributed by atoms with Crippen LogP contribution in [0.15, 0.2) is 30.6 Å². The first-order chi connectivity index (χ1) is 9.63. The molecule has 4 heteroatoms. The molecule has 2 aromatic rings. The molecule has 1 unspecified atom stereocenters. The van der Waals surface area contributed by atoms with Gasteiger partial charge in [0.1, 0.15) is 5.82 Å². The van der Waals surface area contributed by atoms with Gasteiger partial charge in [0.15, 0.2) is 0 Å². The molecule has 1 atom stereocenters. The lowest BCUT2D eigenvalue weighted by Gasteiger charge is -2.13. The number of imidazole rings is 1. The molecule has 1 aromatic heterocycles. The molecule has 104 valence electrons. The standard InChI is InChI=1S/C16H20N4/c1-3-15(18)9-16-19-6-7-20(16)11-14-5-4-13(10-17)8-12(14)2/h4-8,15H,3,9,11,18H2,1-2H3. The maximum absolute atomic E-state index is 8.90. The Balaban J connectivity index is 2.19. The van der Waals surface area contributed by atoms with Gasteiger partial charge in [0, 0.05) is 31.4 Å². The van der Waals surface area contributed by atoms with Crippen LogP contribution < -0.4 is 5.73 Å². The lowest BCUT2D eigenvalue weighted by Crippen LogP contribution is -2.23. The summed E-state index contributed by atoms with van der Waals surface area (Å²) < 4.78 is 2.13. The molecule has 0 aliphatic carbocycles. The summed E-state index contributed by atoms with van der Waals surface area (Å²) in [6, 6.07) is 8.10. The van der Waals surface area contributed by atoms with Crippen molar-refractivity contribution in [2.75, 3.05) is 0 Å². The highest BCUT2D eigenvalue weighted by Gasteiger charge is 2.09. The molecule has 0 fully saturated rings. The van der Waals surface area contributed by atoms with E-state index in [1.54, 1.807) is 0 Å². The summed E-state index contributed by atoms with van der Waals surface area (Å²) in [6.45, 7) is 4.89. The molecule has 4 nitrogen and oxygen atoms in total. The number of rotatable bonds is 5. The zero-order valence-electron chi connectivity index (χ0n) is 12.0. The van der Waals surface area contributed by atoms with Gasteiger partial charge in [-0.3, -0.25) is 0 Å². The molecule has 1 heterocycles. The number of nitrogens with zero attached hydrogens (tertiary/aromatic N) is 3. The third-order valence-corrected chi connectivity index (χ3v) is 3.58. The number of aryl methyl sites for hydroxylation is 1. The summed E-state index contributed by atoms with van der Waals surface area (Å²) in [5, 5.41) is 8.90. The topological polar surface area (TPSA) is 67.6 Å². The van der Waals surface area contributed by atoms with Gasteiger partial charge in [0.05, 0.1) is 11.6 Å². The summed E-state index contributed by atoms with van der Waals surface area (Å²) in [5.41, 5.74) is 9.03. The van der Waals surface area contributed by atoms with E-state index in [4.69, 9.17) is 11.0 Å². The van der Waals surface area contributed by atoms with Crippen molar-refractivity contribution in [3.63, 3.8) is 0 Å². The van der Waals surface area contributed by atoms with Crippen LogP contribution in [0.25, 0.3) is 0 Å². The van der Waals surface area contributed by atoms with Crippen LogP contribution in [0, 0.1) is 18.3 Å². The molecule has 0 radical (unpaired) electrons. The molecule has 1 aromatic carbocycles. The molecular formula is C16H20N4. The molecule has 20 heavy (non-hydrogen) atoms. The molecule has 0 aliphatic rings. The van der Waals surface area contributed by atoms with Crippen molar-refractivity contribution in [1.29, 1.82) is 5.26 Å². The van der Waals surface area contributed by atoms with Gasteiger partial charge in [0.2, 0.25) is 0 Å². The Morgan fingerprint density at radius 2 is 2.25 bits per heavy atom. The number of hydrogen-bond donors (Lipinski definition) is 1. The molecule has 2 rings (SSSR count). The minimum Gasteiger partial charge on any atom is -0.330 e. The van der Waals surface area contributed by atoms with Gasteiger partial charge in [-0.25, -0.2) is 4.98 Å². The van der Waals surface area contributed by atoms with Crippen LogP contribution in [0.4, 0.5) is 0 Å². The van der Waals surface area contributed by atoms with E-state index in [2.05, 4.69) is 22.5 Å². The Morgan fingerprint density at radius 1 is 1.45 bits per heavy atom. The first kappa shape index (κ1) is 14.3. The van der Waals surface area contributed by atoms with Gasteiger partial charge in [-0.2, -0.15) is 5.26 Å². The van der Waals surface area contributed by atoms with Crippen LogP contribution in [0.5, 0.6) is 0 Å². The summed E-state index contributed by atoms with van der Waals surface area (Å²) in [7, 11) is 0. The third kappa shape index (κ3) is 3.25. The Hall–Kier alpha value is -2.12. The van der Waals surface area contributed by atoms with Crippen molar-refractivity contribution in [2.45, 2.75) is 39.3 Å². The third-order valence-electron chi connectivity index (χ3n) is 3.58. The molecule has 0 spiro atoms. The Morgan fingerprint density at radius 3 is 2.90 bits per heavy atom. The van der Waals surface area contributed by atoms with E-state index in [1.807, 2.05) is 37.5 Å². The van der Waals surface area contributed by atoms with Crippen molar-refractivity contribution < 1.29 is 0 Å². The van der Waals surface area contributed by atoms with Crippen LogP contribution in [-0.4, -0.2) is 15.6 Å². The largest absolute Gasteiger partial charge is 0.330 e. The van der Waals surface area contributed by atoms with Gasteiger partial charge in [0.25, 0.3) is 0 Å². The van der Waals surface area contributed by atoms with Gasteiger partial charge >= 0.3 is 0 Å². The van der Waals surface area contributed by atoms with Crippen LogP contribution >= 0.6 is 0 Å². The molecule has 0 bridgehead atoms. The molecule has 0 amide bonds. The average molecular weight is 268 g/mol. The normalized spacial score (nSPS) is 12.1. The van der Waals surface area contributed by atoms with Crippen molar-refractivity contribution in [1.82, 2.24) is 9.55 Å². The van der Waals surface area contributed by atoms with Crippen molar-refractivity contribution in [2.24, 2.45) is 5.73 Å². The number of benzene rings is 1. The Labute approximate surface area is 119 Å². The van der Waals surface area contributed by atoms with Gasteiger partial charge < -0.3 is 10.3 Å². The number of hydrogen-bond acceptors (Lipinski definition) is 3. The van der Waals surface area contributed by atoms with Crippen molar-refractivity contribution in [3.8, 4) is 6.07 Å². The van der Waals surface area contributed by atoms with Crippen LogP contribution in [0.1, 0.15) is 35.9 Å². The minimum absolute atomic E-state index is 0.151. The minimum atomic E-state index is 0.151. The zero-order valence-corrected chi connectivity index (χ0v) is 12.0. The molecule has 0 saturated heterocycles. The number of nitrogens with two attached hydrogens (primary N) is 1. The fourth-order valence-electron chi connectivity index (χ4n) is 2.18. The number of nitriles is 1. The zero-order chi connectivity index (χ0) is 14.5. The SMILES string of the molecule is CCC(N)Cc1nccn1Cc1ccc(C#N)cc1C. The van der Waals surface area contributed by atoms with E-state index in [-0.39, 0.29) is 6.04 Å². The maximum Gasteiger partial charge on any atom is 0.110 e. The quantitative estimate of drug-likeness (QED) is 0.905. The van der Waals surface area contributed by atoms with Crippen LogP contribution in [0.2, 0.25) is 0 Å². The maximum atomic E-state index is 8.90. The second kappa shape index (κ2) is 6.36. The Bertz CT molecular complexity index is 622. The second-order valence-electron chi connectivity index (χ2n) is 5.10. The molecule has 0 aliphatic heterocycles. The van der Waals surface area contributed by atoms with Crippen molar-refractivity contribution in [3.05, 3.63) is 53.1 Å². The lowest BCUT2D eigenvalue weighted by atomic mass is 10.1. The highest BCUT2D eigenvalue weighted by molar-refractivity contribution is 5.37. The first-order valence-electron chi connectivity index (χ1n) is 6.89. The van der Waals surface area contributed by atoms with E-state index in [0.717, 1.165) is 30.8 Å². The smallest absolute Gasteiger partial charge is 0.110 e. The van der Waals surface area contributed by atoms with Crippen molar-refractivity contribution >= 4 is 0 Å². The fourth-order valence-corrected chi connectivity index (χ4v) is 2.18. The summed E-state index contributed by atoms with van der Waals surface area (Å²) in [5.74, 6) is 1.02. The predicted molar refractivity (Wildman–Crippen MR) is 79.2 cm³/mol. The fraction of sp³-hybridized carbons (Fsp3) is 0.375. The van der Waals surface area contributed by atoms with E-state index >= 15 is 0 Å². The van der Waals surface area contributed by atoms with Gasteiger partial charge in [-0.1, -0.05) is 13.0 Å². The number of aromatic nitrogens is 2. The summed E-state index contributed by atoms with van der Waals surface area (Å²) >= 11 is 0. The highest BCUT2D eigenvalue weighted by Crippen LogP contribution is 2.14. The van der Waals surface area contributed by atoms with E-state index in [9.17, 15) is 0 Å². The van der Waals surface area contributed by atoms with E-state index in [1.165, 1.54) is 5.56 Å².